The number of amides is 1. The van der Waals surface area contributed by atoms with Gasteiger partial charge in [0.05, 0.1) is 6.04 Å². The number of hydrogen-bond donors (Lipinski definition) is 1. The molecule has 1 aliphatic rings. The molecule has 2 aromatic rings. The zero-order chi connectivity index (χ0) is 14.7. The summed E-state index contributed by atoms with van der Waals surface area (Å²) in [6.45, 7) is 0. The maximum absolute atomic E-state index is 12.5. The highest BCUT2D eigenvalue weighted by atomic mass is 16.5. The SMILES string of the molecule is CO[C@@H](C(=O)N[C@H]1CCc2ccccc21)c1ccccc1. The minimum absolute atomic E-state index is 0.0783. The van der Waals surface area contributed by atoms with Crippen molar-refractivity contribution in [1.82, 2.24) is 5.32 Å². The quantitative estimate of drug-likeness (QED) is 0.934. The Balaban J connectivity index is 1.75. The van der Waals surface area contributed by atoms with Crippen LogP contribution in [0.5, 0.6) is 0 Å². The number of aryl methyl sites for hydroxylation is 1. The highest BCUT2D eigenvalue weighted by Gasteiger charge is 2.27. The Morgan fingerprint density at radius 3 is 2.62 bits per heavy atom. The van der Waals surface area contributed by atoms with Crippen LogP contribution in [0.3, 0.4) is 0 Å². The maximum Gasteiger partial charge on any atom is 0.254 e. The Kier molecular flexibility index (Phi) is 4.02. The van der Waals surface area contributed by atoms with Crippen LogP contribution >= 0.6 is 0 Å². The number of carbonyl (C=O) groups excluding carboxylic acids is 1. The molecule has 0 aliphatic heterocycles. The number of benzene rings is 2. The molecule has 1 aliphatic carbocycles. The Labute approximate surface area is 124 Å². The molecule has 2 aromatic carbocycles. The van der Waals surface area contributed by atoms with Gasteiger partial charge in [-0.15, -0.1) is 0 Å². The van der Waals surface area contributed by atoms with E-state index in [9.17, 15) is 4.79 Å². The fraction of sp³-hybridized carbons (Fsp3) is 0.278. The fourth-order valence-electron chi connectivity index (χ4n) is 2.98. The maximum atomic E-state index is 12.5. The highest BCUT2D eigenvalue weighted by molar-refractivity contribution is 5.82. The second kappa shape index (κ2) is 6.10. The lowest BCUT2D eigenvalue weighted by molar-refractivity contribution is -0.132. The second-order valence-corrected chi connectivity index (χ2v) is 5.33. The van der Waals surface area contributed by atoms with Gasteiger partial charge in [0.25, 0.3) is 5.91 Å². The number of ether oxygens (including phenoxy) is 1. The molecule has 0 bridgehead atoms. The van der Waals surface area contributed by atoms with Crippen LogP contribution in [0.4, 0.5) is 0 Å². The van der Waals surface area contributed by atoms with Crippen molar-refractivity contribution in [3.63, 3.8) is 0 Å². The average Bonchev–Trinajstić information content (AvgIpc) is 2.92. The number of carbonyl (C=O) groups is 1. The molecule has 0 heterocycles. The summed E-state index contributed by atoms with van der Waals surface area (Å²) in [5.74, 6) is -0.0783. The Hall–Kier alpha value is -2.13. The lowest BCUT2D eigenvalue weighted by Crippen LogP contribution is -2.32. The third-order valence-electron chi connectivity index (χ3n) is 4.03. The zero-order valence-electron chi connectivity index (χ0n) is 12.1. The van der Waals surface area contributed by atoms with Gasteiger partial charge in [-0.25, -0.2) is 0 Å². The monoisotopic (exact) mass is 281 g/mol. The van der Waals surface area contributed by atoms with Gasteiger partial charge in [0.2, 0.25) is 0 Å². The summed E-state index contributed by atoms with van der Waals surface area (Å²) in [5.41, 5.74) is 3.44. The summed E-state index contributed by atoms with van der Waals surface area (Å²) >= 11 is 0. The van der Waals surface area contributed by atoms with Gasteiger partial charge in [0.1, 0.15) is 0 Å². The van der Waals surface area contributed by atoms with Gasteiger partial charge in [-0.1, -0.05) is 54.6 Å². The molecule has 0 spiro atoms. The summed E-state index contributed by atoms with van der Waals surface area (Å²) in [5, 5.41) is 3.12. The highest BCUT2D eigenvalue weighted by Crippen LogP contribution is 2.31. The van der Waals surface area contributed by atoms with Crippen LogP contribution in [0.2, 0.25) is 0 Å². The van der Waals surface area contributed by atoms with E-state index in [0.717, 1.165) is 18.4 Å². The normalized spacial score (nSPS) is 18.0. The van der Waals surface area contributed by atoms with E-state index in [0.29, 0.717) is 0 Å². The molecule has 0 unspecified atom stereocenters. The number of fused-ring (bicyclic) bond motifs is 1. The Bertz CT molecular complexity index is 624. The van der Waals surface area contributed by atoms with Gasteiger partial charge in [-0.3, -0.25) is 4.79 Å². The van der Waals surface area contributed by atoms with Crippen molar-refractivity contribution in [1.29, 1.82) is 0 Å². The molecule has 0 saturated carbocycles. The molecule has 0 fully saturated rings. The number of rotatable bonds is 4. The summed E-state index contributed by atoms with van der Waals surface area (Å²) < 4.78 is 5.38. The van der Waals surface area contributed by atoms with Crippen LogP contribution in [0, 0.1) is 0 Å². The predicted octanol–water partition coefficient (Wildman–Crippen LogP) is 3.18. The Morgan fingerprint density at radius 1 is 1.14 bits per heavy atom. The van der Waals surface area contributed by atoms with Crippen LogP contribution in [0.25, 0.3) is 0 Å². The van der Waals surface area contributed by atoms with Gasteiger partial charge >= 0.3 is 0 Å². The molecule has 3 nitrogen and oxygen atoms in total. The third-order valence-corrected chi connectivity index (χ3v) is 4.03. The molecule has 108 valence electrons. The zero-order valence-corrected chi connectivity index (χ0v) is 12.1. The average molecular weight is 281 g/mol. The molecule has 0 aromatic heterocycles. The largest absolute Gasteiger partial charge is 0.367 e. The van der Waals surface area contributed by atoms with Crippen molar-refractivity contribution in [2.75, 3.05) is 7.11 Å². The summed E-state index contributed by atoms with van der Waals surface area (Å²) in [6, 6.07) is 18.0. The number of nitrogens with one attached hydrogen (secondary N) is 1. The summed E-state index contributed by atoms with van der Waals surface area (Å²) in [6.07, 6.45) is 1.42. The van der Waals surface area contributed by atoms with Crippen molar-refractivity contribution in [3.8, 4) is 0 Å². The van der Waals surface area contributed by atoms with Gasteiger partial charge in [0, 0.05) is 7.11 Å². The molecule has 3 rings (SSSR count). The third kappa shape index (κ3) is 2.83. The van der Waals surface area contributed by atoms with E-state index in [2.05, 4.69) is 17.4 Å². The van der Waals surface area contributed by atoms with Crippen LogP contribution in [0.1, 0.15) is 35.3 Å². The first-order valence-corrected chi connectivity index (χ1v) is 7.25. The Morgan fingerprint density at radius 2 is 1.86 bits per heavy atom. The van der Waals surface area contributed by atoms with Crippen LogP contribution in [-0.2, 0) is 16.0 Å². The van der Waals surface area contributed by atoms with E-state index in [1.165, 1.54) is 11.1 Å². The number of methoxy groups -OCH3 is 1. The minimum atomic E-state index is -0.557. The van der Waals surface area contributed by atoms with E-state index in [1.807, 2.05) is 42.5 Å². The first-order valence-electron chi connectivity index (χ1n) is 7.25. The van der Waals surface area contributed by atoms with Crippen LogP contribution < -0.4 is 5.32 Å². The predicted molar refractivity (Wildman–Crippen MR) is 81.8 cm³/mol. The van der Waals surface area contributed by atoms with Crippen molar-refractivity contribution in [3.05, 3.63) is 71.3 Å². The summed E-state index contributed by atoms with van der Waals surface area (Å²) in [4.78, 5) is 12.5. The van der Waals surface area contributed by atoms with E-state index < -0.39 is 6.10 Å². The molecule has 21 heavy (non-hydrogen) atoms. The van der Waals surface area contributed by atoms with Gasteiger partial charge in [-0.05, 0) is 29.5 Å². The molecule has 1 N–H and O–H groups in total. The molecule has 2 atom stereocenters. The lowest BCUT2D eigenvalue weighted by atomic mass is 10.1. The van der Waals surface area contributed by atoms with Crippen molar-refractivity contribution in [2.45, 2.75) is 25.0 Å². The summed E-state index contributed by atoms with van der Waals surface area (Å²) in [7, 11) is 1.57. The standard InChI is InChI=1S/C18H19NO2/c1-21-17(14-8-3-2-4-9-14)18(20)19-16-12-11-13-7-5-6-10-15(13)16/h2-10,16-17H,11-12H2,1H3,(H,19,20)/t16-,17+/m0/s1. The molecule has 3 heteroatoms. The van der Waals surface area contributed by atoms with Gasteiger partial charge < -0.3 is 10.1 Å². The number of hydrogen-bond acceptors (Lipinski definition) is 2. The topological polar surface area (TPSA) is 38.3 Å². The van der Waals surface area contributed by atoms with Crippen LogP contribution in [0.15, 0.2) is 54.6 Å². The van der Waals surface area contributed by atoms with E-state index in [-0.39, 0.29) is 11.9 Å². The molecular formula is C18H19NO2. The second-order valence-electron chi connectivity index (χ2n) is 5.33. The molecule has 0 saturated heterocycles. The lowest BCUT2D eigenvalue weighted by Gasteiger charge is -2.20. The van der Waals surface area contributed by atoms with E-state index in [4.69, 9.17) is 4.74 Å². The molecule has 0 radical (unpaired) electrons. The van der Waals surface area contributed by atoms with Crippen LogP contribution in [-0.4, -0.2) is 13.0 Å². The van der Waals surface area contributed by atoms with Gasteiger partial charge in [-0.2, -0.15) is 0 Å². The molecular weight excluding hydrogens is 262 g/mol. The van der Waals surface area contributed by atoms with E-state index >= 15 is 0 Å². The molecule has 1 amide bonds. The van der Waals surface area contributed by atoms with E-state index in [1.54, 1.807) is 7.11 Å². The smallest absolute Gasteiger partial charge is 0.254 e. The van der Waals surface area contributed by atoms with Gasteiger partial charge in [0.15, 0.2) is 6.10 Å². The fourth-order valence-corrected chi connectivity index (χ4v) is 2.98. The van der Waals surface area contributed by atoms with Crippen molar-refractivity contribution in [2.24, 2.45) is 0 Å². The first kappa shape index (κ1) is 13.8. The minimum Gasteiger partial charge on any atom is -0.367 e. The van der Waals surface area contributed by atoms with Crippen molar-refractivity contribution >= 4 is 5.91 Å². The van der Waals surface area contributed by atoms with Crippen molar-refractivity contribution < 1.29 is 9.53 Å². The first-order chi connectivity index (χ1) is 10.3.